The van der Waals surface area contributed by atoms with Crippen LogP contribution in [-0.2, 0) is 4.79 Å². The minimum atomic E-state index is -0.535. The Labute approximate surface area is 176 Å². The van der Waals surface area contributed by atoms with Gasteiger partial charge in [0.25, 0.3) is 11.6 Å². The van der Waals surface area contributed by atoms with Gasteiger partial charge in [-0.25, -0.2) is 0 Å². The number of carbonyl (C=O) groups excluding carboxylic acids is 2. The molecular weight excluding hydrogens is 406 g/mol. The van der Waals surface area contributed by atoms with Gasteiger partial charge in [0.1, 0.15) is 5.01 Å². The number of aromatic nitrogens is 2. The van der Waals surface area contributed by atoms with Crippen molar-refractivity contribution in [3.05, 3.63) is 69.3 Å². The van der Waals surface area contributed by atoms with Gasteiger partial charge in [0, 0.05) is 35.7 Å². The zero-order chi connectivity index (χ0) is 21.7. The second-order valence-corrected chi connectivity index (χ2v) is 7.57. The van der Waals surface area contributed by atoms with E-state index in [4.69, 9.17) is 0 Å². The van der Waals surface area contributed by atoms with Crippen LogP contribution in [0.2, 0.25) is 0 Å². The smallest absolute Gasteiger partial charge is 0.273 e. The number of amides is 2. The number of carbonyl (C=O) groups is 2. The SMILES string of the molecule is Cc1ccc(-c2nnc(NC(=O)CCNC(=O)c3ccc(C)c([N+](=O)[O-])c3)s2)cc1. The van der Waals surface area contributed by atoms with Crippen molar-refractivity contribution in [2.75, 3.05) is 11.9 Å². The third-order valence-electron chi connectivity index (χ3n) is 4.28. The number of anilines is 1. The highest BCUT2D eigenvalue weighted by Crippen LogP contribution is 2.26. The van der Waals surface area contributed by atoms with E-state index in [1.807, 2.05) is 31.2 Å². The molecule has 0 bridgehead atoms. The molecule has 1 aromatic heterocycles. The lowest BCUT2D eigenvalue weighted by Gasteiger charge is -2.06. The zero-order valence-electron chi connectivity index (χ0n) is 16.3. The molecule has 0 unspecified atom stereocenters. The van der Waals surface area contributed by atoms with Crippen molar-refractivity contribution in [1.29, 1.82) is 0 Å². The van der Waals surface area contributed by atoms with E-state index in [0.29, 0.717) is 15.7 Å². The number of nitro groups is 1. The summed E-state index contributed by atoms with van der Waals surface area (Å²) in [5.74, 6) is -0.805. The molecule has 0 atom stereocenters. The van der Waals surface area contributed by atoms with Gasteiger partial charge in [0.2, 0.25) is 11.0 Å². The summed E-state index contributed by atoms with van der Waals surface area (Å²) in [5.41, 5.74) is 2.57. The molecule has 2 N–H and O–H groups in total. The third kappa shape index (κ3) is 5.23. The fourth-order valence-corrected chi connectivity index (χ4v) is 3.37. The van der Waals surface area contributed by atoms with Crippen molar-refractivity contribution < 1.29 is 14.5 Å². The van der Waals surface area contributed by atoms with Crippen LogP contribution in [0.25, 0.3) is 10.6 Å². The van der Waals surface area contributed by atoms with Crippen LogP contribution >= 0.6 is 11.3 Å². The first-order valence-corrected chi connectivity index (χ1v) is 9.89. The van der Waals surface area contributed by atoms with Gasteiger partial charge in [0.15, 0.2) is 0 Å². The molecule has 0 saturated carbocycles. The van der Waals surface area contributed by atoms with Gasteiger partial charge in [-0.1, -0.05) is 47.2 Å². The first kappa shape index (κ1) is 21.1. The summed E-state index contributed by atoms with van der Waals surface area (Å²) in [6.07, 6.45) is 0.0269. The topological polar surface area (TPSA) is 127 Å². The molecule has 0 radical (unpaired) electrons. The molecule has 0 aliphatic carbocycles. The van der Waals surface area contributed by atoms with Gasteiger partial charge in [-0.15, -0.1) is 10.2 Å². The fraction of sp³-hybridized carbons (Fsp3) is 0.200. The Bertz CT molecular complexity index is 1090. The summed E-state index contributed by atoms with van der Waals surface area (Å²) < 4.78 is 0. The van der Waals surface area contributed by atoms with E-state index in [2.05, 4.69) is 20.8 Å². The van der Waals surface area contributed by atoms with E-state index in [0.717, 1.165) is 11.1 Å². The molecule has 0 saturated heterocycles. The van der Waals surface area contributed by atoms with Crippen molar-refractivity contribution in [3.8, 4) is 10.6 Å². The number of hydrogen-bond acceptors (Lipinski definition) is 7. The van der Waals surface area contributed by atoms with Crippen LogP contribution in [0.15, 0.2) is 42.5 Å². The molecule has 30 heavy (non-hydrogen) atoms. The van der Waals surface area contributed by atoms with Crippen LogP contribution < -0.4 is 10.6 Å². The molecule has 2 aromatic carbocycles. The number of benzene rings is 2. The van der Waals surface area contributed by atoms with Gasteiger partial charge < -0.3 is 10.6 Å². The zero-order valence-corrected chi connectivity index (χ0v) is 17.2. The van der Waals surface area contributed by atoms with E-state index in [1.54, 1.807) is 6.92 Å². The van der Waals surface area contributed by atoms with Crippen molar-refractivity contribution in [2.24, 2.45) is 0 Å². The average Bonchev–Trinajstić information content (AvgIpc) is 3.16. The molecule has 0 fully saturated rings. The molecule has 1 heterocycles. The van der Waals surface area contributed by atoms with Crippen LogP contribution in [-0.4, -0.2) is 33.5 Å². The predicted molar refractivity (Wildman–Crippen MR) is 113 cm³/mol. The molecule has 154 valence electrons. The number of hydrogen-bond donors (Lipinski definition) is 2. The highest BCUT2D eigenvalue weighted by atomic mass is 32.1. The lowest BCUT2D eigenvalue weighted by molar-refractivity contribution is -0.385. The maximum absolute atomic E-state index is 12.2. The van der Waals surface area contributed by atoms with Gasteiger partial charge in [-0.3, -0.25) is 19.7 Å². The average molecular weight is 425 g/mol. The molecule has 10 heteroatoms. The van der Waals surface area contributed by atoms with Gasteiger partial charge in [-0.05, 0) is 19.9 Å². The lowest BCUT2D eigenvalue weighted by Crippen LogP contribution is -2.27. The Morgan fingerprint density at radius 1 is 1.10 bits per heavy atom. The largest absolute Gasteiger partial charge is 0.352 e. The number of rotatable bonds is 7. The van der Waals surface area contributed by atoms with Crippen LogP contribution in [0.4, 0.5) is 10.8 Å². The quantitative estimate of drug-likeness (QED) is 0.441. The highest BCUT2D eigenvalue weighted by molar-refractivity contribution is 7.18. The minimum Gasteiger partial charge on any atom is -0.352 e. The van der Waals surface area contributed by atoms with Crippen molar-refractivity contribution >= 4 is 34.0 Å². The number of nitro benzene ring substituents is 1. The molecule has 3 rings (SSSR count). The molecule has 0 aliphatic rings. The van der Waals surface area contributed by atoms with E-state index >= 15 is 0 Å². The number of nitrogens with zero attached hydrogens (tertiary/aromatic N) is 3. The molecule has 3 aromatic rings. The molecule has 0 spiro atoms. The Balaban J connectivity index is 1.50. The van der Waals surface area contributed by atoms with E-state index in [9.17, 15) is 19.7 Å². The number of aryl methyl sites for hydroxylation is 2. The first-order chi connectivity index (χ1) is 14.3. The fourth-order valence-electron chi connectivity index (χ4n) is 2.61. The van der Waals surface area contributed by atoms with Gasteiger partial charge in [-0.2, -0.15) is 0 Å². The minimum absolute atomic E-state index is 0.0269. The second-order valence-electron chi connectivity index (χ2n) is 6.59. The summed E-state index contributed by atoms with van der Waals surface area (Å²) >= 11 is 1.26. The Morgan fingerprint density at radius 3 is 2.53 bits per heavy atom. The summed E-state index contributed by atoms with van der Waals surface area (Å²) in [5, 5.41) is 25.3. The molecular formula is C20H19N5O4S. The Morgan fingerprint density at radius 2 is 1.83 bits per heavy atom. The first-order valence-electron chi connectivity index (χ1n) is 9.07. The monoisotopic (exact) mass is 425 g/mol. The maximum Gasteiger partial charge on any atom is 0.273 e. The summed E-state index contributed by atoms with van der Waals surface area (Å²) in [4.78, 5) is 34.7. The van der Waals surface area contributed by atoms with E-state index < -0.39 is 10.8 Å². The van der Waals surface area contributed by atoms with Crippen LogP contribution in [0, 0.1) is 24.0 Å². The Kier molecular flexibility index (Phi) is 6.48. The normalized spacial score (nSPS) is 10.5. The predicted octanol–water partition coefficient (Wildman–Crippen LogP) is 3.49. The maximum atomic E-state index is 12.2. The van der Waals surface area contributed by atoms with Crippen LogP contribution in [0.3, 0.4) is 0 Å². The number of nitrogens with one attached hydrogen (secondary N) is 2. The molecule has 0 aliphatic heterocycles. The summed E-state index contributed by atoms with van der Waals surface area (Å²) in [6, 6.07) is 12.1. The lowest BCUT2D eigenvalue weighted by atomic mass is 10.1. The summed E-state index contributed by atoms with van der Waals surface area (Å²) in [6.45, 7) is 3.67. The van der Waals surface area contributed by atoms with Crippen molar-refractivity contribution in [1.82, 2.24) is 15.5 Å². The van der Waals surface area contributed by atoms with Crippen molar-refractivity contribution in [2.45, 2.75) is 20.3 Å². The van der Waals surface area contributed by atoms with Crippen molar-refractivity contribution in [3.63, 3.8) is 0 Å². The highest BCUT2D eigenvalue weighted by Gasteiger charge is 2.15. The van der Waals surface area contributed by atoms with E-state index in [1.165, 1.54) is 29.5 Å². The van der Waals surface area contributed by atoms with E-state index in [-0.39, 0.29) is 30.1 Å². The van der Waals surface area contributed by atoms with Gasteiger partial charge in [0.05, 0.1) is 4.92 Å². The third-order valence-corrected chi connectivity index (χ3v) is 5.16. The van der Waals surface area contributed by atoms with Crippen LogP contribution in [0.5, 0.6) is 0 Å². The van der Waals surface area contributed by atoms with Crippen LogP contribution in [0.1, 0.15) is 27.9 Å². The Hall–Kier alpha value is -3.66. The van der Waals surface area contributed by atoms with Gasteiger partial charge >= 0.3 is 0 Å². The molecule has 9 nitrogen and oxygen atoms in total. The second kappa shape index (κ2) is 9.23. The standard InChI is InChI=1S/C20H19N5O4S/c1-12-3-6-14(7-4-12)19-23-24-20(30-19)22-17(26)9-10-21-18(27)15-8-5-13(2)16(11-15)25(28)29/h3-8,11H,9-10H2,1-2H3,(H,21,27)(H,22,24,26). The summed E-state index contributed by atoms with van der Waals surface area (Å²) in [7, 11) is 0. The molecule has 2 amide bonds.